The Balaban J connectivity index is 2.09. The summed E-state index contributed by atoms with van der Waals surface area (Å²) in [4.78, 5) is 15.4. The fourth-order valence-corrected chi connectivity index (χ4v) is 3.09. The van der Waals surface area contributed by atoms with Crippen molar-refractivity contribution in [3.8, 4) is 5.75 Å². The van der Waals surface area contributed by atoms with Gasteiger partial charge >= 0.3 is 5.97 Å². The van der Waals surface area contributed by atoms with Gasteiger partial charge in [-0.2, -0.15) is 0 Å². The molecule has 3 rings (SSSR count). The van der Waals surface area contributed by atoms with E-state index in [1.54, 1.807) is 7.11 Å². The highest BCUT2D eigenvalue weighted by molar-refractivity contribution is 5.87. The van der Waals surface area contributed by atoms with Gasteiger partial charge in [-0.25, -0.2) is 0 Å². The van der Waals surface area contributed by atoms with Gasteiger partial charge in [-0.05, 0) is 18.6 Å². The van der Waals surface area contributed by atoms with E-state index in [1.807, 2.05) is 61.7 Å². The molecule has 0 aliphatic rings. The quantitative estimate of drug-likeness (QED) is 0.690. The maximum atomic E-state index is 12.1. The van der Waals surface area contributed by atoms with Gasteiger partial charge in [0.2, 0.25) is 0 Å². The molecule has 0 aliphatic carbocycles. The average molecular weight is 323 g/mol. The molecular weight excluding hydrogens is 302 g/mol. The lowest BCUT2D eigenvalue weighted by Gasteiger charge is -2.20. The summed E-state index contributed by atoms with van der Waals surface area (Å²) < 4.78 is 10.9. The number of methoxy groups -OCH3 is 1. The fraction of sp³-hybridized carbons (Fsp3) is 0.250. The number of hydrogen-bond acceptors (Lipinski definition) is 3. The number of rotatable bonds is 6. The van der Waals surface area contributed by atoms with E-state index in [9.17, 15) is 4.79 Å². The van der Waals surface area contributed by atoms with Gasteiger partial charge in [0.25, 0.3) is 0 Å². The first kappa shape index (κ1) is 16.1. The molecule has 124 valence electrons. The Labute approximate surface area is 141 Å². The maximum absolute atomic E-state index is 12.1. The summed E-state index contributed by atoms with van der Waals surface area (Å²) in [7, 11) is 1.66. The van der Waals surface area contributed by atoms with E-state index in [0.717, 1.165) is 27.8 Å². The summed E-state index contributed by atoms with van der Waals surface area (Å²) in [5.74, 6) is 0.448. The number of ether oxygens (including phenoxy) is 2. The number of aromatic nitrogens is 1. The molecule has 0 fully saturated rings. The maximum Gasteiger partial charge on any atom is 0.306 e. The molecule has 24 heavy (non-hydrogen) atoms. The molecule has 0 saturated heterocycles. The third kappa shape index (κ3) is 3.13. The van der Waals surface area contributed by atoms with Crippen LogP contribution < -0.4 is 4.74 Å². The molecule has 0 amide bonds. The number of nitrogens with one attached hydrogen (secondary N) is 1. The van der Waals surface area contributed by atoms with Gasteiger partial charge in [0, 0.05) is 23.1 Å². The van der Waals surface area contributed by atoms with E-state index >= 15 is 0 Å². The summed E-state index contributed by atoms with van der Waals surface area (Å²) in [6.07, 6.45) is 2.17. The smallest absolute Gasteiger partial charge is 0.306 e. The van der Waals surface area contributed by atoms with Crippen molar-refractivity contribution in [2.75, 3.05) is 13.7 Å². The highest BCUT2D eigenvalue weighted by atomic mass is 16.5. The van der Waals surface area contributed by atoms with Crippen molar-refractivity contribution in [3.63, 3.8) is 0 Å². The van der Waals surface area contributed by atoms with Crippen LogP contribution in [-0.2, 0) is 9.53 Å². The Bertz CT molecular complexity index is 823. The van der Waals surface area contributed by atoms with Gasteiger partial charge in [0.05, 0.1) is 25.7 Å². The summed E-state index contributed by atoms with van der Waals surface area (Å²) >= 11 is 0. The zero-order valence-electron chi connectivity index (χ0n) is 13.9. The number of H-pyrrole nitrogens is 1. The van der Waals surface area contributed by atoms with Crippen molar-refractivity contribution in [2.24, 2.45) is 0 Å². The lowest BCUT2D eigenvalue weighted by Crippen LogP contribution is -2.12. The average Bonchev–Trinajstić information content (AvgIpc) is 3.08. The molecule has 0 saturated carbocycles. The minimum atomic E-state index is -0.208. The normalized spacial score (nSPS) is 12.1. The first-order valence-electron chi connectivity index (χ1n) is 8.09. The van der Waals surface area contributed by atoms with Gasteiger partial charge in [0.15, 0.2) is 0 Å². The first-order chi connectivity index (χ1) is 11.7. The first-order valence-corrected chi connectivity index (χ1v) is 8.09. The van der Waals surface area contributed by atoms with Gasteiger partial charge < -0.3 is 14.5 Å². The van der Waals surface area contributed by atoms with Crippen molar-refractivity contribution in [2.45, 2.75) is 19.3 Å². The molecule has 0 bridgehead atoms. The van der Waals surface area contributed by atoms with Crippen molar-refractivity contribution in [3.05, 3.63) is 65.9 Å². The van der Waals surface area contributed by atoms with E-state index in [0.29, 0.717) is 6.61 Å². The van der Waals surface area contributed by atoms with E-state index in [2.05, 4.69) is 4.98 Å². The van der Waals surface area contributed by atoms with Gasteiger partial charge in [-0.3, -0.25) is 4.79 Å². The molecule has 1 aromatic heterocycles. The Morgan fingerprint density at radius 3 is 2.62 bits per heavy atom. The summed E-state index contributed by atoms with van der Waals surface area (Å²) in [5.41, 5.74) is 2.99. The highest BCUT2D eigenvalue weighted by Crippen LogP contribution is 2.38. The monoisotopic (exact) mass is 323 g/mol. The van der Waals surface area contributed by atoms with Crippen molar-refractivity contribution < 1.29 is 14.3 Å². The molecule has 1 heterocycles. The van der Waals surface area contributed by atoms with Crippen molar-refractivity contribution in [1.29, 1.82) is 0 Å². The van der Waals surface area contributed by atoms with Gasteiger partial charge in [-0.15, -0.1) is 0 Å². The van der Waals surface area contributed by atoms with E-state index in [-0.39, 0.29) is 18.3 Å². The minimum Gasteiger partial charge on any atom is -0.494 e. The van der Waals surface area contributed by atoms with E-state index in [4.69, 9.17) is 9.47 Å². The van der Waals surface area contributed by atoms with E-state index in [1.165, 1.54) is 0 Å². The van der Waals surface area contributed by atoms with Crippen LogP contribution in [0, 0.1) is 0 Å². The third-order valence-corrected chi connectivity index (χ3v) is 4.17. The number of benzene rings is 2. The summed E-state index contributed by atoms with van der Waals surface area (Å²) in [5, 5.41) is 1.08. The number of carbonyl (C=O) groups is 1. The molecule has 4 nitrogen and oxygen atoms in total. The molecule has 0 aliphatic heterocycles. The van der Waals surface area contributed by atoms with Crippen LogP contribution in [-0.4, -0.2) is 24.7 Å². The largest absolute Gasteiger partial charge is 0.494 e. The molecule has 0 spiro atoms. The Morgan fingerprint density at radius 1 is 1.12 bits per heavy atom. The summed E-state index contributed by atoms with van der Waals surface area (Å²) in [6, 6.07) is 16.1. The predicted octanol–water partition coefficient (Wildman–Crippen LogP) is 4.26. The fourth-order valence-electron chi connectivity index (χ4n) is 3.09. The number of carbonyl (C=O) groups excluding carboxylic acids is 1. The van der Waals surface area contributed by atoms with Crippen LogP contribution >= 0.6 is 0 Å². The second kappa shape index (κ2) is 7.21. The Kier molecular flexibility index (Phi) is 4.85. The van der Waals surface area contributed by atoms with Crippen LogP contribution in [0.1, 0.15) is 30.4 Å². The standard InChI is InChI=1S/C20H21NO3/c1-3-24-18(22)13-17(14-7-5-4-6-8-14)16-10-9-15-11-12-21-19(15)20(16)23-2/h4-12,17,21H,3,13H2,1-2H3. The molecule has 0 radical (unpaired) electrons. The number of hydrogen-bond donors (Lipinski definition) is 1. The second-order valence-electron chi connectivity index (χ2n) is 5.60. The van der Waals surface area contributed by atoms with Crippen LogP contribution in [0.5, 0.6) is 5.75 Å². The molecule has 3 aromatic rings. The van der Waals surface area contributed by atoms with Crippen LogP contribution in [0.15, 0.2) is 54.7 Å². The zero-order valence-corrected chi connectivity index (χ0v) is 13.9. The van der Waals surface area contributed by atoms with Crippen LogP contribution in [0.25, 0.3) is 10.9 Å². The third-order valence-electron chi connectivity index (χ3n) is 4.17. The molecule has 2 aromatic carbocycles. The lowest BCUT2D eigenvalue weighted by molar-refractivity contribution is -0.143. The topological polar surface area (TPSA) is 51.3 Å². The van der Waals surface area contributed by atoms with Crippen LogP contribution in [0.4, 0.5) is 0 Å². The predicted molar refractivity (Wildman–Crippen MR) is 94.4 cm³/mol. The Hall–Kier alpha value is -2.75. The SMILES string of the molecule is CCOC(=O)CC(c1ccccc1)c1ccc2cc[nH]c2c1OC. The second-order valence-corrected chi connectivity index (χ2v) is 5.60. The van der Waals surface area contributed by atoms with E-state index < -0.39 is 0 Å². The van der Waals surface area contributed by atoms with Crippen LogP contribution in [0.3, 0.4) is 0 Å². The Morgan fingerprint density at radius 2 is 1.92 bits per heavy atom. The molecular formula is C20H21NO3. The molecule has 1 N–H and O–H groups in total. The van der Waals surface area contributed by atoms with Crippen LogP contribution in [0.2, 0.25) is 0 Å². The molecule has 1 atom stereocenters. The van der Waals surface area contributed by atoms with Gasteiger partial charge in [0.1, 0.15) is 5.75 Å². The number of esters is 1. The van der Waals surface area contributed by atoms with Crippen molar-refractivity contribution >= 4 is 16.9 Å². The zero-order chi connectivity index (χ0) is 16.9. The minimum absolute atomic E-state index is 0.118. The summed E-state index contributed by atoms with van der Waals surface area (Å²) in [6.45, 7) is 2.20. The number of fused-ring (bicyclic) bond motifs is 1. The lowest BCUT2D eigenvalue weighted by atomic mass is 9.87. The number of aromatic amines is 1. The highest BCUT2D eigenvalue weighted by Gasteiger charge is 2.23. The van der Waals surface area contributed by atoms with Gasteiger partial charge in [-0.1, -0.05) is 42.5 Å². The molecule has 1 unspecified atom stereocenters. The van der Waals surface area contributed by atoms with Crippen molar-refractivity contribution in [1.82, 2.24) is 4.98 Å². The molecule has 4 heteroatoms.